The van der Waals surface area contributed by atoms with Crippen LogP contribution in [0.3, 0.4) is 0 Å². The smallest absolute Gasteiger partial charge is 0.422 e. The first-order chi connectivity index (χ1) is 11.7. The van der Waals surface area contributed by atoms with Gasteiger partial charge in [-0.05, 0) is 63.2 Å². The van der Waals surface area contributed by atoms with Gasteiger partial charge in [0, 0.05) is 5.41 Å². The lowest BCUT2D eigenvalue weighted by molar-refractivity contribution is -0.244. The van der Waals surface area contributed by atoms with Gasteiger partial charge < -0.3 is 4.74 Å². The number of carbonyl (C=O) groups excluding carboxylic acids is 1. The van der Waals surface area contributed by atoms with E-state index in [4.69, 9.17) is 4.74 Å². The van der Waals surface area contributed by atoms with E-state index in [9.17, 15) is 31.1 Å². The van der Waals surface area contributed by atoms with E-state index in [2.05, 4.69) is 6.58 Å². The Morgan fingerprint density at radius 3 is 1.77 bits per heavy atom. The molecule has 1 atom stereocenters. The number of halogens is 6. The third kappa shape index (κ3) is 3.48. The maximum absolute atomic E-state index is 13.3. The molecule has 148 valence electrons. The van der Waals surface area contributed by atoms with E-state index in [-0.39, 0.29) is 17.8 Å². The van der Waals surface area contributed by atoms with Crippen LogP contribution in [-0.2, 0) is 9.53 Å². The second-order valence-corrected chi connectivity index (χ2v) is 8.59. The highest BCUT2D eigenvalue weighted by Gasteiger charge is 2.63. The second-order valence-electron chi connectivity index (χ2n) is 8.59. The molecular weight excluding hydrogens is 362 g/mol. The highest BCUT2D eigenvalue weighted by Crippen LogP contribution is 2.65. The molecule has 4 saturated carbocycles. The van der Waals surface area contributed by atoms with E-state index in [1.807, 2.05) is 0 Å². The van der Waals surface area contributed by atoms with Gasteiger partial charge in [0.25, 0.3) is 0 Å². The number of esters is 1. The minimum absolute atomic E-state index is 0.262. The minimum atomic E-state index is -5.03. The lowest BCUT2D eigenvalue weighted by Gasteiger charge is -2.62. The summed E-state index contributed by atoms with van der Waals surface area (Å²) < 4.78 is 83.1. The van der Waals surface area contributed by atoms with E-state index >= 15 is 0 Å². The van der Waals surface area contributed by atoms with Crippen molar-refractivity contribution in [3.05, 3.63) is 12.2 Å². The van der Waals surface area contributed by atoms with Crippen LogP contribution >= 0.6 is 0 Å². The van der Waals surface area contributed by atoms with Gasteiger partial charge >= 0.3 is 18.3 Å². The van der Waals surface area contributed by atoms with Crippen LogP contribution in [0.2, 0.25) is 0 Å². The molecule has 0 spiro atoms. The predicted octanol–water partition coefficient (Wildman–Crippen LogP) is 5.58. The summed E-state index contributed by atoms with van der Waals surface area (Å²) in [6, 6.07) is 0. The summed E-state index contributed by atoms with van der Waals surface area (Å²) in [5.74, 6) is -1.02. The highest BCUT2D eigenvalue weighted by molar-refractivity contribution is 5.89. The van der Waals surface area contributed by atoms with Crippen molar-refractivity contribution in [2.24, 2.45) is 23.2 Å². The third-order valence-corrected chi connectivity index (χ3v) is 6.60. The summed E-state index contributed by atoms with van der Waals surface area (Å²) in [7, 11) is 0. The molecule has 0 aromatic heterocycles. The van der Waals surface area contributed by atoms with Gasteiger partial charge in [0.1, 0.15) is 11.2 Å². The lowest BCUT2D eigenvalue weighted by atomic mass is 9.45. The SMILES string of the molecule is C=C(C(=O)OC(C)(CC(F)(F)F)C12CC3CC(CC(C3)C1)C2)C(F)(F)F. The van der Waals surface area contributed by atoms with E-state index in [0.717, 1.165) is 26.2 Å². The molecule has 0 aromatic carbocycles. The molecule has 4 fully saturated rings. The summed E-state index contributed by atoms with van der Waals surface area (Å²) in [5.41, 5.74) is -4.71. The number of carbonyl (C=O) groups is 1. The molecule has 0 N–H and O–H groups in total. The average molecular weight is 384 g/mol. The number of hydrogen-bond acceptors (Lipinski definition) is 2. The quantitative estimate of drug-likeness (QED) is 0.360. The Bertz CT molecular complexity index is 570. The van der Waals surface area contributed by atoms with Crippen molar-refractivity contribution in [3.63, 3.8) is 0 Å². The van der Waals surface area contributed by atoms with Crippen LogP contribution in [0.15, 0.2) is 12.2 Å². The Labute approximate surface area is 148 Å². The number of alkyl halides is 6. The molecule has 4 aliphatic carbocycles. The average Bonchev–Trinajstić information content (AvgIpc) is 2.41. The van der Waals surface area contributed by atoms with Crippen molar-refractivity contribution < 1.29 is 35.9 Å². The largest absolute Gasteiger partial charge is 0.455 e. The summed E-state index contributed by atoms with van der Waals surface area (Å²) >= 11 is 0. The van der Waals surface area contributed by atoms with E-state index < -0.39 is 41.3 Å². The first kappa shape index (κ1) is 19.5. The lowest BCUT2D eigenvalue weighted by Crippen LogP contribution is -2.60. The Balaban J connectivity index is 1.92. The van der Waals surface area contributed by atoms with Crippen molar-refractivity contribution in [3.8, 4) is 0 Å². The molecule has 0 amide bonds. The fraction of sp³-hybridized carbons (Fsp3) is 0.833. The molecule has 8 heteroatoms. The van der Waals surface area contributed by atoms with Crippen LogP contribution in [0.1, 0.15) is 51.9 Å². The maximum Gasteiger partial charge on any atom is 0.422 e. The van der Waals surface area contributed by atoms with Crippen LogP contribution in [0.5, 0.6) is 0 Å². The molecular formula is C18H22F6O2. The van der Waals surface area contributed by atoms with Crippen LogP contribution in [-0.4, -0.2) is 23.9 Å². The number of rotatable bonds is 4. The van der Waals surface area contributed by atoms with Crippen molar-refractivity contribution in [1.82, 2.24) is 0 Å². The molecule has 0 saturated heterocycles. The fourth-order valence-electron chi connectivity index (χ4n) is 5.85. The third-order valence-electron chi connectivity index (χ3n) is 6.60. The molecule has 26 heavy (non-hydrogen) atoms. The van der Waals surface area contributed by atoms with E-state index in [1.165, 1.54) is 0 Å². The zero-order valence-electron chi connectivity index (χ0n) is 14.5. The first-order valence-electron chi connectivity index (χ1n) is 8.79. The highest BCUT2D eigenvalue weighted by atomic mass is 19.4. The minimum Gasteiger partial charge on any atom is -0.455 e. The van der Waals surface area contributed by atoms with Crippen LogP contribution < -0.4 is 0 Å². The van der Waals surface area contributed by atoms with Gasteiger partial charge in [0.05, 0.1) is 6.42 Å². The molecule has 4 bridgehead atoms. The van der Waals surface area contributed by atoms with Crippen LogP contribution in [0, 0.1) is 23.2 Å². The topological polar surface area (TPSA) is 26.3 Å². The molecule has 0 aromatic rings. The first-order valence-corrected chi connectivity index (χ1v) is 8.79. The summed E-state index contributed by atoms with van der Waals surface area (Å²) in [6.07, 6.45) is -6.87. The Kier molecular flexibility index (Phi) is 4.43. The van der Waals surface area contributed by atoms with Gasteiger partial charge in [0.15, 0.2) is 0 Å². The Morgan fingerprint density at radius 2 is 1.42 bits per heavy atom. The maximum atomic E-state index is 13.3. The standard InChI is InChI=1S/C18H22F6O2/c1-10(18(22,23)24)14(25)26-15(2,9-17(19,20)21)16-6-11-3-12(7-16)5-13(4-11)8-16/h11-13H,1,3-9H2,2H3. The van der Waals surface area contributed by atoms with Gasteiger partial charge in [-0.2, -0.15) is 26.3 Å². The van der Waals surface area contributed by atoms with Gasteiger partial charge in [0.2, 0.25) is 0 Å². The summed E-state index contributed by atoms with van der Waals surface area (Å²) in [5, 5.41) is 0. The monoisotopic (exact) mass is 384 g/mol. The Hall–Kier alpha value is -1.21. The van der Waals surface area contributed by atoms with Gasteiger partial charge in [-0.25, -0.2) is 4.79 Å². The number of ether oxygens (including phenoxy) is 1. The zero-order valence-corrected chi connectivity index (χ0v) is 14.5. The van der Waals surface area contributed by atoms with Gasteiger partial charge in [-0.3, -0.25) is 0 Å². The second kappa shape index (κ2) is 5.89. The molecule has 1 unspecified atom stereocenters. The molecule has 0 aliphatic heterocycles. The molecule has 4 aliphatic rings. The molecule has 4 rings (SSSR count). The summed E-state index contributed by atoms with van der Waals surface area (Å²) in [6.45, 7) is 3.83. The van der Waals surface area contributed by atoms with Crippen LogP contribution in [0.4, 0.5) is 26.3 Å². The van der Waals surface area contributed by atoms with E-state index in [0.29, 0.717) is 19.3 Å². The van der Waals surface area contributed by atoms with Crippen molar-refractivity contribution in [2.45, 2.75) is 69.8 Å². The molecule has 2 nitrogen and oxygen atoms in total. The van der Waals surface area contributed by atoms with Crippen molar-refractivity contribution in [1.29, 1.82) is 0 Å². The van der Waals surface area contributed by atoms with Crippen molar-refractivity contribution in [2.75, 3.05) is 0 Å². The van der Waals surface area contributed by atoms with Gasteiger partial charge in [-0.1, -0.05) is 6.58 Å². The van der Waals surface area contributed by atoms with Crippen LogP contribution in [0.25, 0.3) is 0 Å². The van der Waals surface area contributed by atoms with Gasteiger partial charge in [-0.15, -0.1) is 0 Å². The van der Waals surface area contributed by atoms with E-state index in [1.54, 1.807) is 0 Å². The fourth-order valence-corrected chi connectivity index (χ4v) is 5.85. The zero-order chi connectivity index (χ0) is 19.5. The summed E-state index contributed by atoms with van der Waals surface area (Å²) in [4.78, 5) is 12.0. The van der Waals surface area contributed by atoms with Crippen molar-refractivity contribution >= 4 is 5.97 Å². The Morgan fingerprint density at radius 1 is 1.00 bits per heavy atom. The molecule has 0 heterocycles. The number of hydrogen-bond donors (Lipinski definition) is 0. The predicted molar refractivity (Wildman–Crippen MR) is 81.0 cm³/mol. The molecule has 0 radical (unpaired) electrons. The normalized spacial score (nSPS) is 35.9.